The van der Waals surface area contributed by atoms with Crippen LogP contribution in [0, 0.1) is 0 Å². The molecule has 0 spiro atoms. The summed E-state index contributed by atoms with van der Waals surface area (Å²) in [5, 5.41) is 3.16. The first-order chi connectivity index (χ1) is 9.81. The van der Waals surface area contributed by atoms with Crippen LogP contribution >= 0.6 is 0 Å². The van der Waals surface area contributed by atoms with Gasteiger partial charge in [-0.3, -0.25) is 4.79 Å². The molecule has 5 heteroatoms. The summed E-state index contributed by atoms with van der Waals surface area (Å²) in [6.45, 7) is 3.40. The van der Waals surface area contributed by atoms with Crippen molar-refractivity contribution in [3.05, 3.63) is 0 Å². The van der Waals surface area contributed by atoms with Gasteiger partial charge in [0.15, 0.2) is 0 Å². The molecule has 0 aromatic rings. The fourth-order valence-electron chi connectivity index (χ4n) is 3.15. The third kappa shape index (κ3) is 4.72. The first-order valence-corrected chi connectivity index (χ1v) is 7.92. The number of amides is 1. The molecule has 5 nitrogen and oxygen atoms in total. The van der Waals surface area contributed by atoms with Gasteiger partial charge in [0.25, 0.3) is 0 Å². The van der Waals surface area contributed by atoms with Crippen molar-refractivity contribution in [1.82, 2.24) is 10.2 Å². The van der Waals surface area contributed by atoms with Crippen LogP contribution in [0.1, 0.15) is 38.5 Å². The van der Waals surface area contributed by atoms with Crippen molar-refractivity contribution in [1.29, 1.82) is 0 Å². The van der Waals surface area contributed by atoms with Gasteiger partial charge in [0, 0.05) is 32.8 Å². The molecule has 1 heterocycles. The summed E-state index contributed by atoms with van der Waals surface area (Å²) >= 11 is 0. The minimum atomic E-state index is 0.212. The van der Waals surface area contributed by atoms with Crippen molar-refractivity contribution in [2.75, 3.05) is 40.0 Å². The molecule has 20 heavy (non-hydrogen) atoms. The molecule has 2 rings (SSSR count). The smallest absolute Gasteiger partial charge is 0.236 e. The Labute approximate surface area is 122 Å². The van der Waals surface area contributed by atoms with Crippen molar-refractivity contribution >= 4 is 5.91 Å². The number of ether oxygens (including phenoxy) is 2. The van der Waals surface area contributed by atoms with Gasteiger partial charge >= 0.3 is 0 Å². The van der Waals surface area contributed by atoms with Crippen LogP contribution in [0.3, 0.4) is 0 Å². The quantitative estimate of drug-likeness (QED) is 0.680. The maximum absolute atomic E-state index is 12.4. The number of hydrogen-bond donors (Lipinski definition) is 1. The third-order valence-electron chi connectivity index (χ3n) is 4.27. The van der Waals surface area contributed by atoms with E-state index < -0.39 is 0 Å². The Morgan fingerprint density at radius 2 is 2.10 bits per heavy atom. The Bertz CT molecular complexity index is 287. The van der Waals surface area contributed by atoms with E-state index in [4.69, 9.17) is 9.47 Å². The van der Waals surface area contributed by atoms with Crippen LogP contribution in [0.4, 0.5) is 0 Å². The highest BCUT2D eigenvalue weighted by Gasteiger charge is 2.29. The van der Waals surface area contributed by atoms with E-state index in [0.717, 1.165) is 45.4 Å². The van der Waals surface area contributed by atoms with Gasteiger partial charge in [-0.2, -0.15) is 0 Å². The molecule has 1 atom stereocenters. The van der Waals surface area contributed by atoms with Crippen LogP contribution in [-0.4, -0.2) is 62.9 Å². The van der Waals surface area contributed by atoms with E-state index in [1.165, 1.54) is 12.8 Å². The number of carbonyl (C=O) groups excluding carboxylic acids is 1. The predicted octanol–water partition coefficient (Wildman–Crippen LogP) is 1.17. The Morgan fingerprint density at radius 3 is 2.75 bits per heavy atom. The molecule has 1 N–H and O–H groups in total. The summed E-state index contributed by atoms with van der Waals surface area (Å²) in [5.41, 5.74) is 0. The van der Waals surface area contributed by atoms with E-state index in [0.29, 0.717) is 19.2 Å². The van der Waals surface area contributed by atoms with Crippen molar-refractivity contribution in [2.45, 2.75) is 50.7 Å². The maximum atomic E-state index is 12.4. The molecule has 116 valence electrons. The van der Waals surface area contributed by atoms with Gasteiger partial charge in [0.1, 0.15) is 0 Å². The minimum Gasteiger partial charge on any atom is -0.383 e. The number of nitrogens with one attached hydrogen (secondary N) is 1. The largest absolute Gasteiger partial charge is 0.383 e. The molecule has 1 aliphatic carbocycles. The highest BCUT2D eigenvalue weighted by atomic mass is 16.5. The first kappa shape index (κ1) is 15.7. The SMILES string of the molecule is COCCNCC(=O)N(CC1CCCO1)C1CCCC1. The van der Waals surface area contributed by atoms with Gasteiger partial charge < -0.3 is 19.7 Å². The average Bonchev–Trinajstić information content (AvgIpc) is 3.13. The van der Waals surface area contributed by atoms with E-state index in [2.05, 4.69) is 10.2 Å². The van der Waals surface area contributed by atoms with Gasteiger partial charge in [-0.25, -0.2) is 0 Å². The molecule has 0 bridgehead atoms. The third-order valence-corrected chi connectivity index (χ3v) is 4.27. The summed E-state index contributed by atoms with van der Waals surface area (Å²) in [7, 11) is 1.67. The summed E-state index contributed by atoms with van der Waals surface area (Å²) in [6.07, 6.45) is 7.26. The predicted molar refractivity (Wildman–Crippen MR) is 77.7 cm³/mol. The van der Waals surface area contributed by atoms with Gasteiger partial charge in [-0.05, 0) is 25.7 Å². The van der Waals surface area contributed by atoms with E-state index >= 15 is 0 Å². The fraction of sp³-hybridized carbons (Fsp3) is 0.933. The normalized spacial score (nSPS) is 23.4. The standard InChI is InChI=1S/C15H28N2O3/c1-19-10-8-16-11-15(18)17(13-5-2-3-6-13)12-14-7-4-9-20-14/h13-14,16H,2-12H2,1H3. The molecule has 0 radical (unpaired) electrons. The lowest BCUT2D eigenvalue weighted by Gasteiger charge is -2.31. The second-order valence-electron chi connectivity index (χ2n) is 5.79. The van der Waals surface area contributed by atoms with Crippen molar-refractivity contribution in [2.24, 2.45) is 0 Å². The Morgan fingerprint density at radius 1 is 1.30 bits per heavy atom. The zero-order valence-electron chi connectivity index (χ0n) is 12.6. The van der Waals surface area contributed by atoms with Gasteiger partial charge in [-0.15, -0.1) is 0 Å². The molecule has 1 saturated heterocycles. The maximum Gasteiger partial charge on any atom is 0.236 e. The van der Waals surface area contributed by atoms with Gasteiger partial charge in [0.05, 0.1) is 19.3 Å². The molecule has 0 aromatic heterocycles. The fourth-order valence-corrected chi connectivity index (χ4v) is 3.15. The van der Waals surface area contributed by atoms with Crippen molar-refractivity contribution in [3.8, 4) is 0 Å². The summed E-state index contributed by atoms with van der Waals surface area (Å²) in [4.78, 5) is 14.5. The molecular formula is C15H28N2O3. The molecule has 0 aromatic carbocycles. The van der Waals surface area contributed by atoms with Crippen LogP contribution in [-0.2, 0) is 14.3 Å². The average molecular weight is 284 g/mol. The van der Waals surface area contributed by atoms with E-state index in [9.17, 15) is 4.79 Å². The molecular weight excluding hydrogens is 256 g/mol. The monoisotopic (exact) mass is 284 g/mol. The van der Waals surface area contributed by atoms with Crippen LogP contribution in [0.5, 0.6) is 0 Å². The summed E-state index contributed by atoms with van der Waals surface area (Å²) in [6, 6.07) is 0.427. The van der Waals surface area contributed by atoms with Gasteiger partial charge in [-0.1, -0.05) is 12.8 Å². The van der Waals surface area contributed by atoms with E-state index in [1.807, 2.05) is 0 Å². The summed E-state index contributed by atoms with van der Waals surface area (Å²) < 4.78 is 10.7. The minimum absolute atomic E-state index is 0.212. The summed E-state index contributed by atoms with van der Waals surface area (Å²) in [5.74, 6) is 0.212. The molecule has 2 fully saturated rings. The second-order valence-corrected chi connectivity index (χ2v) is 5.79. The molecule has 1 unspecified atom stereocenters. The van der Waals surface area contributed by atoms with E-state index in [-0.39, 0.29) is 12.0 Å². The lowest BCUT2D eigenvalue weighted by atomic mass is 10.1. The highest BCUT2D eigenvalue weighted by Crippen LogP contribution is 2.25. The number of carbonyl (C=O) groups is 1. The van der Waals surface area contributed by atoms with Gasteiger partial charge in [0.2, 0.25) is 5.91 Å². The Kier molecular flexibility index (Phi) is 6.76. The van der Waals surface area contributed by atoms with E-state index in [1.54, 1.807) is 7.11 Å². The van der Waals surface area contributed by atoms with Crippen LogP contribution in [0.15, 0.2) is 0 Å². The first-order valence-electron chi connectivity index (χ1n) is 7.92. The van der Waals surface area contributed by atoms with Crippen molar-refractivity contribution < 1.29 is 14.3 Å². The Hall–Kier alpha value is -0.650. The second kappa shape index (κ2) is 8.60. The zero-order chi connectivity index (χ0) is 14.2. The van der Waals surface area contributed by atoms with Crippen molar-refractivity contribution in [3.63, 3.8) is 0 Å². The topological polar surface area (TPSA) is 50.8 Å². The lowest BCUT2D eigenvalue weighted by molar-refractivity contribution is -0.134. The number of methoxy groups -OCH3 is 1. The van der Waals surface area contributed by atoms with Crippen LogP contribution in [0.2, 0.25) is 0 Å². The molecule has 2 aliphatic rings. The molecule has 1 amide bonds. The number of rotatable bonds is 8. The molecule has 1 saturated carbocycles. The zero-order valence-corrected chi connectivity index (χ0v) is 12.6. The van der Waals surface area contributed by atoms with Crippen LogP contribution < -0.4 is 5.32 Å². The number of nitrogens with zero attached hydrogens (tertiary/aromatic N) is 1. The number of hydrogen-bond acceptors (Lipinski definition) is 4. The Balaban J connectivity index is 1.81. The van der Waals surface area contributed by atoms with Crippen LogP contribution in [0.25, 0.3) is 0 Å². The lowest BCUT2D eigenvalue weighted by Crippen LogP contribution is -2.47. The molecule has 1 aliphatic heterocycles. The highest BCUT2D eigenvalue weighted by molar-refractivity contribution is 5.78.